The van der Waals surface area contributed by atoms with Crippen LogP contribution >= 0.6 is 23.4 Å². The average Bonchev–Trinajstić information content (AvgIpc) is 2.83. The number of hydrogen-bond acceptors (Lipinski definition) is 5. The monoisotopic (exact) mass is 374 g/mol. The van der Waals surface area contributed by atoms with Crippen LogP contribution < -0.4 is 0 Å². The maximum atomic E-state index is 12.5. The fourth-order valence-electron chi connectivity index (χ4n) is 2.38. The van der Waals surface area contributed by atoms with Crippen LogP contribution in [0.5, 0.6) is 0 Å². The van der Waals surface area contributed by atoms with Gasteiger partial charge in [-0.15, -0.1) is 0 Å². The molecule has 0 spiro atoms. The Hall–Kier alpha value is -2.64. The first-order valence-electron chi connectivity index (χ1n) is 7.19. The van der Waals surface area contributed by atoms with Crippen molar-refractivity contribution in [2.75, 3.05) is 0 Å². The van der Waals surface area contributed by atoms with Crippen molar-refractivity contribution >= 4 is 46.3 Å². The molecule has 0 saturated carbocycles. The first-order valence-corrected chi connectivity index (χ1v) is 8.38. The smallest absolute Gasteiger partial charge is 0.268 e. The Morgan fingerprint density at radius 3 is 2.64 bits per heavy atom. The van der Waals surface area contributed by atoms with Crippen LogP contribution in [-0.2, 0) is 11.3 Å². The molecule has 1 saturated heterocycles. The summed E-state index contributed by atoms with van der Waals surface area (Å²) in [4.78, 5) is 36.5. The second-order valence-electron chi connectivity index (χ2n) is 5.21. The van der Waals surface area contributed by atoms with Gasteiger partial charge >= 0.3 is 0 Å². The quantitative estimate of drug-likeness (QED) is 0.447. The largest absolute Gasteiger partial charge is 0.293 e. The molecule has 0 N–H and O–H groups in total. The van der Waals surface area contributed by atoms with Crippen molar-refractivity contribution in [1.29, 1.82) is 0 Å². The van der Waals surface area contributed by atoms with Crippen molar-refractivity contribution in [2.45, 2.75) is 6.54 Å². The molecule has 8 heteroatoms. The summed E-state index contributed by atoms with van der Waals surface area (Å²) < 4.78 is 0. The normalized spacial score (nSPS) is 15.9. The summed E-state index contributed by atoms with van der Waals surface area (Å²) in [5.41, 5.74) is 0.878. The van der Waals surface area contributed by atoms with E-state index in [2.05, 4.69) is 0 Å². The molecule has 1 fully saturated rings. The van der Waals surface area contributed by atoms with E-state index in [1.54, 1.807) is 36.4 Å². The summed E-state index contributed by atoms with van der Waals surface area (Å²) in [6.07, 6.45) is 1.58. The van der Waals surface area contributed by atoms with E-state index in [9.17, 15) is 19.7 Å². The van der Waals surface area contributed by atoms with Gasteiger partial charge < -0.3 is 0 Å². The maximum Gasteiger partial charge on any atom is 0.293 e. The summed E-state index contributed by atoms with van der Waals surface area (Å²) in [5, 5.41) is 11.1. The average molecular weight is 375 g/mol. The number of hydrogen-bond donors (Lipinski definition) is 0. The minimum absolute atomic E-state index is 0.125. The van der Waals surface area contributed by atoms with Gasteiger partial charge in [-0.05, 0) is 35.5 Å². The van der Waals surface area contributed by atoms with Gasteiger partial charge in [-0.1, -0.05) is 41.9 Å². The predicted molar refractivity (Wildman–Crippen MR) is 96.1 cm³/mol. The van der Waals surface area contributed by atoms with Crippen LogP contribution in [0.2, 0.25) is 5.02 Å². The second kappa shape index (κ2) is 7.08. The Bertz CT molecular complexity index is 913. The number of imide groups is 1. The molecule has 1 heterocycles. The van der Waals surface area contributed by atoms with Crippen LogP contribution in [0.3, 0.4) is 0 Å². The number of thioether (sulfide) groups is 1. The van der Waals surface area contributed by atoms with Crippen LogP contribution in [0, 0.1) is 10.1 Å². The lowest BCUT2D eigenvalue weighted by Crippen LogP contribution is -2.27. The lowest BCUT2D eigenvalue weighted by molar-refractivity contribution is -0.385. The van der Waals surface area contributed by atoms with E-state index < -0.39 is 16.1 Å². The zero-order chi connectivity index (χ0) is 18.0. The van der Waals surface area contributed by atoms with E-state index in [0.717, 1.165) is 16.7 Å². The van der Waals surface area contributed by atoms with Gasteiger partial charge in [0.2, 0.25) is 0 Å². The van der Waals surface area contributed by atoms with E-state index in [1.807, 2.05) is 0 Å². The molecule has 2 aromatic rings. The molecule has 25 heavy (non-hydrogen) atoms. The van der Waals surface area contributed by atoms with Crippen molar-refractivity contribution in [2.24, 2.45) is 0 Å². The van der Waals surface area contributed by atoms with Crippen LogP contribution in [0.4, 0.5) is 10.5 Å². The fourth-order valence-corrected chi connectivity index (χ4v) is 3.41. The number of benzene rings is 2. The van der Waals surface area contributed by atoms with Crippen molar-refractivity contribution in [3.63, 3.8) is 0 Å². The van der Waals surface area contributed by atoms with Gasteiger partial charge in [-0.3, -0.25) is 24.6 Å². The molecule has 0 unspecified atom stereocenters. The lowest BCUT2D eigenvalue weighted by Gasteiger charge is -2.12. The molecular formula is C17H11ClN2O4S. The second-order valence-corrected chi connectivity index (χ2v) is 6.64. The van der Waals surface area contributed by atoms with Crippen LogP contribution in [-0.4, -0.2) is 21.0 Å². The predicted octanol–water partition coefficient (Wildman–Crippen LogP) is 4.48. The van der Waals surface area contributed by atoms with Gasteiger partial charge in [0.15, 0.2) is 0 Å². The highest BCUT2D eigenvalue weighted by Crippen LogP contribution is 2.34. The Morgan fingerprint density at radius 1 is 1.16 bits per heavy atom. The molecule has 2 aromatic carbocycles. The molecular weight excluding hydrogens is 364 g/mol. The highest BCUT2D eigenvalue weighted by molar-refractivity contribution is 8.18. The number of halogens is 1. The molecule has 3 rings (SSSR count). The Morgan fingerprint density at radius 2 is 1.92 bits per heavy atom. The summed E-state index contributed by atoms with van der Waals surface area (Å²) in [6.45, 7) is -0.144. The van der Waals surface area contributed by atoms with Crippen molar-refractivity contribution in [3.05, 3.63) is 79.7 Å². The molecule has 1 aliphatic rings. The number of nitrogens with zero attached hydrogens (tertiary/aromatic N) is 2. The third kappa shape index (κ3) is 3.72. The topological polar surface area (TPSA) is 80.5 Å². The lowest BCUT2D eigenvalue weighted by atomic mass is 10.1. The first-order chi connectivity index (χ1) is 12.0. The van der Waals surface area contributed by atoms with Gasteiger partial charge in [-0.25, -0.2) is 0 Å². The Balaban J connectivity index is 1.86. The number of carbonyl (C=O) groups excluding carboxylic acids is 2. The zero-order valence-corrected chi connectivity index (χ0v) is 14.3. The minimum Gasteiger partial charge on any atom is -0.268 e. The van der Waals surface area contributed by atoms with Crippen LogP contribution in [0.25, 0.3) is 6.08 Å². The number of nitro groups is 1. The first kappa shape index (κ1) is 17.2. The highest BCUT2D eigenvalue weighted by atomic mass is 35.5. The van der Waals surface area contributed by atoms with E-state index in [0.29, 0.717) is 16.1 Å². The maximum absolute atomic E-state index is 12.5. The number of para-hydroxylation sites is 1. The fraction of sp³-hybridized carbons (Fsp3) is 0.0588. The van der Waals surface area contributed by atoms with E-state index >= 15 is 0 Å². The van der Waals surface area contributed by atoms with Crippen LogP contribution in [0.1, 0.15) is 11.1 Å². The number of amides is 2. The molecule has 126 valence electrons. The number of carbonyl (C=O) groups is 2. The zero-order valence-electron chi connectivity index (χ0n) is 12.7. The third-order valence-electron chi connectivity index (χ3n) is 3.54. The summed E-state index contributed by atoms with van der Waals surface area (Å²) in [5.74, 6) is -0.479. The van der Waals surface area contributed by atoms with Crippen LogP contribution in [0.15, 0.2) is 53.4 Å². The summed E-state index contributed by atoms with van der Waals surface area (Å²) in [6, 6.07) is 12.9. The Labute approximate surface area is 152 Å². The third-order valence-corrected chi connectivity index (χ3v) is 4.68. The number of nitro benzene ring substituents is 1. The molecule has 1 aliphatic heterocycles. The van der Waals surface area contributed by atoms with E-state index in [1.165, 1.54) is 18.2 Å². The molecule has 0 atom stereocenters. The standard InChI is InChI=1S/C17H11ClN2O4S/c18-13-6-3-4-11(8-13)9-15-16(21)19(17(22)25-15)10-12-5-1-2-7-14(12)20(23)24/h1-9H,10H2/b15-9+. The van der Waals surface area contributed by atoms with Gasteiger partial charge in [0, 0.05) is 16.7 Å². The molecule has 0 radical (unpaired) electrons. The van der Waals surface area contributed by atoms with Crippen molar-refractivity contribution < 1.29 is 14.5 Å². The van der Waals surface area contributed by atoms with Gasteiger partial charge in [0.05, 0.1) is 16.4 Å². The molecule has 2 amide bonds. The minimum atomic E-state index is -0.532. The summed E-state index contributed by atoms with van der Waals surface area (Å²) >= 11 is 6.72. The molecule has 6 nitrogen and oxygen atoms in total. The van der Waals surface area contributed by atoms with E-state index in [4.69, 9.17) is 11.6 Å². The van der Waals surface area contributed by atoms with Gasteiger partial charge in [0.25, 0.3) is 16.8 Å². The number of rotatable bonds is 4. The van der Waals surface area contributed by atoms with Gasteiger partial charge in [0.1, 0.15) is 0 Å². The Kier molecular flexibility index (Phi) is 4.87. The van der Waals surface area contributed by atoms with E-state index in [-0.39, 0.29) is 17.1 Å². The summed E-state index contributed by atoms with van der Waals surface area (Å²) in [7, 11) is 0. The molecule has 0 bridgehead atoms. The van der Waals surface area contributed by atoms with Crippen molar-refractivity contribution in [3.8, 4) is 0 Å². The van der Waals surface area contributed by atoms with Gasteiger partial charge in [-0.2, -0.15) is 0 Å². The molecule has 0 aliphatic carbocycles. The van der Waals surface area contributed by atoms with Crippen molar-refractivity contribution in [1.82, 2.24) is 4.90 Å². The molecule has 0 aromatic heterocycles. The highest BCUT2D eigenvalue weighted by Gasteiger charge is 2.36. The SMILES string of the molecule is O=C1S/C(=C/c2cccc(Cl)c2)C(=O)N1Cc1ccccc1[N+](=O)[O-].